The quantitative estimate of drug-likeness (QED) is 0.382. The van der Waals surface area contributed by atoms with E-state index in [4.69, 9.17) is 22.2 Å². The van der Waals surface area contributed by atoms with E-state index in [2.05, 4.69) is 5.16 Å². The Morgan fingerprint density at radius 1 is 1.18 bits per heavy atom. The molecular weight excluding hydrogens is 300 g/mol. The van der Waals surface area contributed by atoms with Gasteiger partial charge in [-0.05, 0) is 36.2 Å². The van der Waals surface area contributed by atoms with Gasteiger partial charge in [0.15, 0.2) is 0 Å². The fourth-order valence-electron chi connectivity index (χ4n) is 2.09. The van der Waals surface area contributed by atoms with Gasteiger partial charge in [0.25, 0.3) is 0 Å². The summed E-state index contributed by atoms with van der Waals surface area (Å²) in [4.78, 5) is 17.3. The summed E-state index contributed by atoms with van der Waals surface area (Å²) in [6.07, 6.45) is 0.644. The second-order valence-electron chi connectivity index (χ2n) is 4.82. The van der Waals surface area contributed by atoms with Crippen LogP contribution >= 0.6 is 11.6 Å². The van der Waals surface area contributed by atoms with Gasteiger partial charge in [-0.25, -0.2) is 4.79 Å². The van der Waals surface area contributed by atoms with E-state index in [1.807, 2.05) is 37.3 Å². The summed E-state index contributed by atoms with van der Waals surface area (Å²) in [7, 11) is 0. The Labute approximate surface area is 134 Å². The van der Waals surface area contributed by atoms with Crippen LogP contribution in [0, 0.1) is 0 Å². The first-order valence-corrected chi connectivity index (χ1v) is 7.39. The van der Waals surface area contributed by atoms with Gasteiger partial charge in [-0.1, -0.05) is 54.0 Å². The summed E-state index contributed by atoms with van der Waals surface area (Å²) in [6.45, 7) is 1.94. The lowest BCUT2D eigenvalue weighted by atomic mass is 9.97. The third kappa shape index (κ3) is 4.09. The van der Waals surface area contributed by atoms with Gasteiger partial charge < -0.3 is 0 Å². The molecular formula is C17H18ClN2O2+. The molecule has 0 aliphatic rings. The number of carbonyl (C=O) groups excluding carboxylic acids is 1. The lowest BCUT2D eigenvalue weighted by molar-refractivity contribution is -0.724. The smallest absolute Gasteiger partial charge is 0.284 e. The number of hydrogen-bond acceptors (Lipinski definition) is 2. The van der Waals surface area contributed by atoms with Gasteiger partial charge in [0.2, 0.25) is 0 Å². The Balaban J connectivity index is 2.07. The molecule has 0 aliphatic carbocycles. The summed E-state index contributed by atoms with van der Waals surface area (Å²) >= 11 is 5.82. The standard InChI is InChI=1S/C17H17ClN2O2/c1-2-15(12-6-4-3-5-7-12)17(21)22-20-16(19)13-8-10-14(18)11-9-13/h3-11,15H,2H2,1H3,(H2,19,20)/p+1/t15-/m0/s1. The third-order valence-electron chi connectivity index (χ3n) is 3.31. The maximum Gasteiger partial charge on any atom is 0.364 e. The number of nitrogens with two attached hydrogens (primary N) is 1. The van der Waals surface area contributed by atoms with Gasteiger partial charge in [-0.15, -0.1) is 0 Å². The van der Waals surface area contributed by atoms with E-state index in [9.17, 15) is 4.79 Å². The predicted octanol–water partition coefficient (Wildman–Crippen LogP) is 1.78. The van der Waals surface area contributed by atoms with Crippen LogP contribution in [0.25, 0.3) is 0 Å². The molecule has 22 heavy (non-hydrogen) atoms. The monoisotopic (exact) mass is 317 g/mol. The van der Waals surface area contributed by atoms with E-state index in [0.717, 1.165) is 5.56 Å². The molecule has 1 atom stereocenters. The zero-order chi connectivity index (χ0) is 15.9. The SMILES string of the molecule is CC[C@H](C(=O)O[NH+]=C(N)c1ccc(Cl)cc1)c1ccccc1. The van der Waals surface area contributed by atoms with Crippen molar-refractivity contribution < 1.29 is 14.8 Å². The second-order valence-corrected chi connectivity index (χ2v) is 5.25. The van der Waals surface area contributed by atoms with Crippen molar-refractivity contribution in [1.29, 1.82) is 0 Å². The minimum Gasteiger partial charge on any atom is -0.284 e. The lowest BCUT2D eigenvalue weighted by Gasteiger charge is -2.10. The molecule has 0 saturated heterocycles. The van der Waals surface area contributed by atoms with Gasteiger partial charge in [0, 0.05) is 5.02 Å². The minimum atomic E-state index is -0.370. The third-order valence-corrected chi connectivity index (χ3v) is 3.56. The van der Waals surface area contributed by atoms with Crippen LogP contribution in [0.15, 0.2) is 54.6 Å². The van der Waals surface area contributed by atoms with Crippen LogP contribution in [-0.2, 0) is 9.63 Å². The normalized spacial score (nSPS) is 12.7. The number of nitrogens with one attached hydrogen (secondary N) is 1. The van der Waals surface area contributed by atoms with Crippen molar-refractivity contribution in [2.75, 3.05) is 0 Å². The molecule has 0 bridgehead atoms. The lowest BCUT2D eigenvalue weighted by Crippen LogP contribution is -2.76. The van der Waals surface area contributed by atoms with E-state index in [1.165, 1.54) is 0 Å². The molecule has 4 nitrogen and oxygen atoms in total. The molecule has 2 aromatic rings. The van der Waals surface area contributed by atoms with E-state index < -0.39 is 0 Å². The maximum atomic E-state index is 12.2. The van der Waals surface area contributed by atoms with E-state index in [0.29, 0.717) is 17.0 Å². The topological polar surface area (TPSA) is 66.3 Å². The van der Waals surface area contributed by atoms with Crippen LogP contribution in [0.5, 0.6) is 0 Å². The predicted molar refractivity (Wildman–Crippen MR) is 86.3 cm³/mol. The van der Waals surface area contributed by atoms with E-state index in [-0.39, 0.29) is 17.7 Å². The summed E-state index contributed by atoms with van der Waals surface area (Å²) in [6, 6.07) is 16.4. The molecule has 3 N–H and O–H groups in total. The highest BCUT2D eigenvalue weighted by Crippen LogP contribution is 2.19. The van der Waals surface area contributed by atoms with E-state index >= 15 is 0 Å². The maximum absolute atomic E-state index is 12.2. The Kier molecular flexibility index (Phi) is 5.55. The molecule has 5 heteroatoms. The fraction of sp³-hybridized carbons (Fsp3) is 0.176. The van der Waals surface area contributed by atoms with Gasteiger partial charge in [0.05, 0.1) is 11.5 Å². The largest absolute Gasteiger partial charge is 0.364 e. The van der Waals surface area contributed by atoms with Crippen LogP contribution in [0.3, 0.4) is 0 Å². The molecule has 0 aliphatic heterocycles. The highest BCUT2D eigenvalue weighted by Gasteiger charge is 2.21. The number of hydrogen-bond donors (Lipinski definition) is 2. The first kappa shape index (κ1) is 16.0. The van der Waals surface area contributed by atoms with Crippen molar-refractivity contribution in [1.82, 2.24) is 0 Å². The van der Waals surface area contributed by atoms with E-state index in [1.54, 1.807) is 24.3 Å². The molecule has 0 unspecified atom stereocenters. The Hall–Kier alpha value is -2.33. The number of halogens is 1. The second kappa shape index (κ2) is 7.61. The summed E-state index contributed by atoms with van der Waals surface area (Å²) in [5, 5.41) is 3.12. The van der Waals surface area contributed by atoms with Crippen LogP contribution in [0.1, 0.15) is 30.4 Å². The molecule has 114 valence electrons. The van der Waals surface area contributed by atoms with Gasteiger partial charge in [-0.2, -0.15) is 0 Å². The molecule has 2 aromatic carbocycles. The molecule has 0 amide bonds. The molecule has 0 aromatic heterocycles. The van der Waals surface area contributed by atoms with Crippen molar-refractivity contribution in [2.45, 2.75) is 19.3 Å². The molecule has 0 fully saturated rings. The van der Waals surface area contributed by atoms with Gasteiger partial charge >= 0.3 is 11.8 Å². The van der Waals surface area contributed by atoms with Crippen molar-refractivity contribution in [3.05, 3.63) is 70.7 Å². The average molecular weight is 318 g/mol. The van der Waals surface area contributed by atoms with Crippen LogP contribution < -0.4 is 10.9 Å². The van der Waals surface area contributed by atoms with Crippen molar-refractivity contribution in [3.8, 4) is 0 Å². The Morgan fingerprint density at radius 3 is 2.41 bits per heavy atom. The number of benzene rings is 2. The highest BCUT2D eigenvalue weighted by molar-refractivity contribution is 6.30. The van der Waals surface area contributed by atoms with Crippen LogP contribution in [-0.4, -0.2) is 11.8 Å². The van der Waals surface area contributed by atoms with Gasteiger partial charge in [-0.3, -0.25) is 10.6 Å². The highest BCUT2D eigenvalue weighted by atomic mass is 35.5. The van der Waals surface area contributed by atoms with Crippen molar-refractivity contribution in [3.63, 3.8) is 0 Å². The van der Waals surface area contributed by atoms with Crippen LogP contribution in [0.4, 0.5) is 0 Å². The zero-order valence-electron chi connectivity index (χ0n) is 12.3. The molecule has 0 heterocycles. The number of carbonyl (C=O) groups is 1. The Bertz CT molecular complexity index is 654. The van der Waals surface area contributed by atoms with Crippen molar-refractivity contribution in [2.24, 2.45) is 5.73 Å². The summed E-state index contributed by atoms with van der Waals surface area (Å²) in [5.74, 6) is -0.440. The van der Waals surface area contributed by atoms with Crippen molar-refractivity contribution >= 4 is 23.4 Å². The molecule has 0 radical (unpaired) electrons. The fourth-order valence-corrected chi connectivity index (χ4v) is 2.21. The van der Waals surface area contributed by atoms with Gasteiger partial charge in [0.1, 0.15) is 0 Å². The summed E-state index contributed by atoms with van der Waals surface area (Å²) in [5.41, 5.74) is 7.48. The zero-order valence-corrected chi connectivity index (χ0v) is 13.0. The Morgan fingerprint density at radius 2 is 1.82 bits per heavy atom. The first-order valence-electron chi connectivity index (χ1n) is 7.01. The molecule has 0 spiro atoms. The molecule has 2 rings (SSSR count). The van der Waals surface area contributed by atoms with Crippen LogP contribution in [0.2, 0.25) is 5.02 Å². The number of amidine groups is 1. The molecule has 0 saturated carbocycles. The number of nitrogen functional groups attached to an aromatic ring is 1. The minimum absolute atomic E-state index is 0.257. The first-order chi connectivity index (χ1) is 10.6. The number of rotatable bonds is 5. The summed E-state index contributed by atoms with van der Waals surface area (Å²) < 4.78 is 0. The average Bonchev–Trinajstić information content (AvgIpc) is 2.55.